The number of nitrogens with one attached hydrogen (secondary N) is 1. The van der Waals surface area contributed by atoms with E-state index in [0.717, 1.165) is 23.8 Å². The summed E-state index contributed by atoms with van der Waals surface area (Å²) in [5.41, 5.74) is 2.17. The largest absolute Gasteiger partial charge is 0.241 e. The number of sulfonamides is 1. The van der Waals surface area contributed by atoms with Crippen LogP contribution in [0, 0.1) is 0 Å². The van der Waals surface area contributed by atoms with Gasteiger partial charge in [0.05, 0.1) is 9.79 Å². The minimum Gasteiger partial charge on any atom is -0.224 e. The Labute approximate surface area is 155 Å². The minimum absolute atomic E-state index is 0.00959. The van der Waals surface area contributed by atoms with Gasteiger partial charge in [0.1, 0.15) is 0 Å². The first-order chi connectivity index (χ1) is 12.0. The standard InChI is InChI=1S/C19H23NO4S2/c1-19(2)13-12-18(16-6-4-5-7-17(16)19)20-26(23,24)15-10-8-14(9-11-15)25(3,21)22/h4-11,18,20H,12-13H2,1-3H3/t18-/m0/s1. The molecule has 0 aliphatic heterocycles. The van der Waals surface area contributed by atoms with Gasteiger partial charge >= 0.3 is 0 Å². The van der Waals surface area contributed by atoms with Gasteiger partial charge in [-0.3, -0.25) is 0 Å². The molecule has 0 spiro atoms. The molecule has 140 valence electrons. The van der Waals surface area contributed by atoms with E-state index in [1.165, 1.54) is 24.3 Å². The van der Waals surface area contributed by atoms with Gasteiger partial charge in [0.15, 0.2) is 9.84 Å². The topological polar surface area (TPSA) is 80.3 Å². The van der Waals surface area contributed by atoms with Crippen molar-refractivity contribution in [2.24, 2.45) is 0 Å². The van der Waals surface area contributed by atoms with Gasteiger partial charge in [-0.05, 0) is 53.6 Å². The number of rotatable bonds is 4. The lowest BCUT2D eigenvalue weighted by atomic mass is 9.71. The summed E-state index contributed by atoms with van der Waals surface area (Å²) in [5.74, 6) is 0. The zero-order valence-electron chi connectivity index (χ0n) is 15.1. The Morgan fingerprint density at radius 1 is 0.923 bits per heavy atom. The maximum Gasteiger partial charge on any atom is 0.241 e. The molecule has 2 aromatic carbocycles. The first-order valence-corrected chi connectivity index (χ1v) is 11.8. The predicted molar refractivity (Wildman–Crippen MR) is 101 cm³/mol. The van der Waals surface area contributed by atoms with Gasteiger partial charge in [-0.1, -0.05) is 38.1 Å². The number of hydrogen-bond donors (Lipinski definition) is 1. The summed E-state index contributed by atoms with van der Waals surface area (Å²) in [4.78, 5) is 0.161. The number of benzene rings is 2. The van der Waals surface area contributed by atoms with Gasteiger partial charge in [0.25, 0.3) is 0 Å². The second-order valence-corrected chi connectivity index (χ2v) is 11.2. The fourth-order valence-corrected chi connectivity index (χ4v) is 5.34. The van der Waals surface area contributed by atoms with Crippen molar-refractivity contribution in [3.8, 4) is 0 Å². The molecule has 5 nitrogen and oxygen atoms in total. The van der Waals surface area contributed by atoms with Crippen LogP contribution in [0.4, 0.5) is 0 Å². The van der Waals surface area contributed by atoms with Crippen molar-refractivity contribution < 1.29 is 16.8 Å². The first kappa shape index (κ1) is 19.1. The van der Waals surface area contributed by atoms with Crippen molar-refractivity contribution in [3.05, 3.63) is 59.7 Å². The minimum atomic E-state index is -3.75. The van der Waals surface area contributed by atoms with E-state index in [2.05, 4.69) is 24.6 Å². The van der Waals surface area contributed by atoms with E-state index in [-0.39, 0.29) is 21.2 Å². The maximum absolute atomic E-state index is 12.8. The molecule has 3 rings (SSSR count). The summed E-state index contributed by atoms with van der Waals surface area (Å²) >= 11 is 0. The molecule has 1 N–H and O–H groups in total. The lowest BCUT2D eigenvalue weighted by Crippen LogP contribution is -2.35. The summed E-state index contributed by atoms with van der Waals surface area (Å²) in [6.45, 7) is 4.33. The van der Waals surface area contributed by atoms with Crippen LogP contribution in [0.5, 0.6) is 0 Å². The quantitative estimate of drug-likeness (QED) is 0.865. The highest BCUT2D eigenvalue weighted by Gasteiger charge is 2.34. The highest BCUT2D eigenvalue weighted by molar-refractivity contribution is 7.90. The summed E-state index contributed by atoms with van der Waals surface area (Å²) in [6, 6.07) is 12.9. The average Bonchev–Trinajstić information content (AvgIpc) is 2.57. The highest BCUT2D eigenvalue weighted by Crippen LogP contribution is 2.41. The molecule has 0 aromatic heterocycles. The summed E-state index contributed by atoms with van der Waals surface area (Å²) in [5, 5.41) is 0. The molecule has 2 aromatic rings. The molecule has 0 fully saturated rings. The molecule has 1 aliphatic rings. The Hall–Kier alpha value is -1.70. The first-order valence-electron chi connectivity index (χ1n) is 8.43. The number of hydrogen-bond acceptors (Lipinski definition) is 4. The van der Waals surface area contributed by atoms with E-state index >= 15 is 0 Å². The number of sulfone groups is 1. The zero-order valence-corrected chi connectivity index (χ0v) is 16.7. The van der Waals surface area contributed by atoms with Gasteiger partial charge in [-0.25, -0.2) is 21.6 Å². The average molecular weight is 394 g/mol. The molecule has 1 aliphatic carbocycles. The van der Waals surface area contributed by atoms with Gasteiger partial charge in [0, 0.05) is 12.3 Å². The lowest BCUT2D eigenvalue weighted by Gasteiger charge is -2.37. The highest BCUT2D eigenvalue weighted by atomic mass is 32.2. The summed E-state index contributed by atoms with van der Waals surface area (Å²) in [6.07, 6.45) is 2.68. The van der Waals surface area contributed by atoms with Crippen molar-refractivity contribution in [3.63, 3.8) is 0 Å². The predicted octanol–water partition coefficient (Wildman–Crippen LogP) is 3.18. The van der Waals surface area contributed by atoms with Gasteiger partial charge in [-0.15, -0.1) is 0 Å². The van der Waals surface area contributed by atoms with Crippen LogP contribution in [0.3, 0.4) is 0 Å². The molecular formula is C19H23NO4S2. The van der Waals surface area contributed by atoms with E-state index in [9.17, 15) is 16.8 Å². The van der Waals surface area contributed by atoms with Crippen LogP contribution >= 0.6 is 0 Å². The van der Waals surface area contributed by atoms with Gasteiger partial charge in [-0.2, -0.15) is 0 Å². The summed E-state index contributed by atoms with van der Waals surface area (Å²) < 4.78 is 51.4. The van der Waals surface area contributed by atoms with Crippen molar-refractivity contribution in [2.75, 3.05) is 6.26 Å². The van der Waals surface area contributed by atoms with Gasteiger partial charge < -0.3 is 0 Å². The van der Waals surface area contributed by atoms with Crippen molar-refractivity contribution in [2.45, 2.75) is 47.9 Å². The van der Waals surface area contributed by atoms with Crippen LogP contribution in [-0.4, -0.2) is 23.1 Å². The molecule has 26 heavy (non-hydrogen) atoms. The van der Waals surface area contributed by atoms with Crippen molar-refractivity contribution in [1.29, 1.82) is 0 Å². The Kier molecular flexibility index (Phi) is 4.75. The monoisotopic (exact) mass is 393 g/mol. The number of fused-ring (bicyclic) bond motifs is 1. The van der Waals surface area contributed by atoms with Crippen molar-refractivity contribution >= 4 is 19.9 Å². The molecule has 0 saturated heterocycles. The Balaban J connectivity index is 1.91. The van der Waals surface area contributed by atoms with E-state index in [1.807, 2.05) is 18.2 Å². The zero-order chi connectivity index (χ0) is 19.2. The van der Waals surface area contributed by atoms with E-state index in [1.54, 1.807) is 0 Å². The van der Waals surface area contributed by atoms with Crippen LogP contribution < -0.4 is 4.72 Å². The fraction of sp³-hybridized carbons (Fsp3) is 0.368. The Morgan fingerprint density at radius 2 is 1.50 bits per heavy atom. The van der Waals surface area contributed by atoms with Crippen LogP contribution in [0.15, 0.2) is 58.3 Å². The van der Waals surface area contributed by atoms with E-state index < -0.39 is 19.9 Å². The lowest BCUT2D eigenvalue weighted by molar-refractivity contribution is 0.381. The van der Waals surface area contributed by atoms with Crippen molar-refractivity contribution in [1.82, 2.24) is 4.72 Å². The second kappa shape index (κ2) is 6.48. The molecule has 0 unspecified atom stereocenters. The molecule has 0 amide bonds. The van der Waals surface area contributed by atoms with E-state index in [4.69, 9.17) is 0 Å². The third-order valence-corrected chi connectivity index (χ3v) is 7.60. The Morgan fingerprint density at radius 3 is 2.12 bits per heavy atom. The summed E-state index contributed by atoms with van der Waals surface area (Å²) in [7, 11) is -7.11. The molecule has 7 heteroatoms. The van der Waals surface area contributed by atoms with Crippen LogP contribution in [-0.2, 0) is 25.3 Å². The Bertz CT molecular complexity index is 1020. The fourth-order valence-electron chi connectivity index (χ4n) is 3.46. The molecule has 0 bridgehead atoms. The SMILES string of the molecule is CC1(C)CC[C@H](NS(=O)(=O)c2ccc(S(C)(=O)=O)cc2)c2ccccc21. The molecule has 1 atom stereocenters. The van der Waals surface area contributed by atoms with Crippen LogP contribution in [0.1, 0.15) is 43.9 Å². The molecular weight excluding hydrogens is 370 g/mol. The smallest absolute Gasteiger partial charge is 0.224 e. The molecule has 0 saturated carbocycles. The van der Waals surface area contributed by atoms with Crippen LogP contribution in [0.2, 0.25) is 0 Å². The van der Waals surface area contributed by atoms with Crippen LogP contribution in [0.25, 0.3) is 0 Å². The molecule has 0 radical (unpaired) electrons. The third-order valence-electron chi connectivity index (χ3n) is 4.98. The third kappa shape index (κ3) is 3.70. The maximum atomic E-state index is 12.8. The second-order valence-electron chi connectivity index (χ2n) is 7.43. The van der Waals surface area contributed by atoms with E-state index in [0.29, 0.717) is 6.42 Å². The normalized spacial score (nSPS) is 19.7. The van der Waals surface area contributed by atoms with Gasteiger partial charge in [0.2, 0.25) is 10.0 Å². The molecule has 0 heterocycles.